The molecule has 3 aliphatic rings. The summed E-state index contributed by atoms with van der Waals surface area (Å²) in [7, 11) is 0. The van der Waals surface area contributed by atoms with Crippen LogP contribution < -0.4 is 5.32 Å². The van der Waals surface area contributed by atoms with Crippen LogP contribution in [0.4, 0.5) is 9.59 Å². The number of rotatable bonds is 5. The molecular formula is C21H29N5O5. The summed E-state index contributed by atoms with van der Waals surface area (Å²) in [6.45, 7) is 8.61. The molecule has 0 aromatic rings. The summed E-state index contributed by atoms with van der Waals surface area (Å²) in [6.07, 6.45) is 6.41. The molecule has 1 fully saturated rings. The molecule has 0 spiro atoms. The van der Waals surface area contributed by atoms with Crippen LogP contribution in [0.25, 0.3) is 0 Å². The lowest BCUT2D eigenvalue weighted by atomic mass is 9.95. The van der Waals surface area contributed by atoms with Crippen molar-refractivity contribution in [1.82, 2.24) is 20.0 Å². The molecule has 10 heteroatoms. The van der Waals surface area contributed by atoms with Crippen molar-refractivity contribution >= 4 is 29.7 Å². The van der Waals surface area contributed by atoms with Crippen molar-refractivity contribution in [3.8, 4) is 0 Å². The maximum atomic E-state index is 12.5. The summed E-state index contributed by atoms with van der Waals surface area (Å²) >= 11 is 0. The number of piperazine rings is 1. The first-order valence-electron chi connectivity index (χ1n) is 10.4. The fourth-order valence-electron chi connectivity index (χ4n) is 3.46. The minimum Gasteiger partial charge on any atom is -0.444 e. The Labute approximate surface area is 181 Å². The largest absolute Gasteiger partial charge is 0.444 e. The lowest BCUT2D eigenvalue weighted by Gasteiger charge is -2.35. The predicted molar refractivity (Wildman–Crippen MR) is 114 cm³/mol. The van der Waals surface area contributed by atoms with Gasteiger partial charge in [-0.3, -0.25) is 19.4 Å². The van der Waals surface area contributed by atoms with Crippen LogP contribution in [0.5, 0.6) is 0 Å². The van der Waals surface area contributed by atoms with Gasteiger partial charge in [-0.2, -0.15) is 4.99 Å². The fourth-order valence-corrected chi connectivity index (χ4v) is 3.46. The number of hydrogen-bond acceptors (Lipinski definition) is 6. The predicted octanol–water partition coefficient (Wildman–Crippen LogP) is 0.801. The van der Waals surface area contributed by atoms with Gasteiger partial charge in [0.15, 0.2) is 0 Å². The van der Waals surface area contributed by atoms with E-state index >= 15 is 0 Å². The highest BCUT2D eigenvalue weighted by Crippen LogP contribution is 2.19. The molecular weight excluding hydrogens is 402 g/mol. The van der Waals surface area contributed by atoms with E-state index in [0.29, 0.717) is 45.0 Å². The van der Waals surface area contributed by atoms with E-state index in [0.717, 1.165) is 4.90 Å². The second kappa shape index (κ2) is 9.42. The van der Waals surface area contributed by atoms with Crippen LogP contribution in [0.15, 0.2) is 29.3 Å². The summed E-state index contributed by atoms with van der Waals surface area (Å²) in [6, 6.07) is -0.718. The van der Waals surface area contributed by atoms with Crippen LogP contribution in [0.3, 0.4) is 0 Å². The minimum atomic E-state index is -0.718. The van der Waals surface area contributed by atoms with E-state index in [1.54, 1.807) is 29.2 Å². The highest BCUT2D eigenvalue weighted by atomic mass is 16.6. The first-order chi connectivity index (χ1) is 14.6. The van der Waals surface area contributed by atoms with E-state index in [1.165, 1.54) is 0 Å². The van der Waals surface area contributed by atoms with Crippen molar-refractivity contribution in [3.63, 3.8) is 0 Å². The smallest absolute Gasteiger partial charge is 0.410 e. The number of hydrogen-bond donors (Lipinski definition) is 1. The lowest BCUT2D eigenvalue weighted by molar-refractivity contribution is -0.134. The third-order valence-corrected chi connectivity index (χ3v) is 5.06. The molecule has 0 aromatic carbocycles. The number of urea groups is 1. The normalized spacial score (nSPS) is 21.6. The molecule has 2 aliphatic heterocycles. The number of fused-ring (bicyclic) bond motifs is 1. The van der Waals surface area contributed by atoms with Gasteiger partial charge in [0.05, 0.1) is 11.6 Å². The van der Waals surface area contributed by atoms with Gasteiger partial charge in [0, 0.05) is 39.3 Å². The number of nitrogens with one attached hydrogen (secondary N) is 1. The zero-order chi connectivity index (χ0) is 22.6. The van der Waals surface area contributed by atoms with Crippen molar-refractivity contribution in [2.75, 3.05) is 45.8 Å². The third-order valence-electron chi connectivity index (χ3n) is 5.06. The number of imide groups is 1. The molecule has 1 saturated heterocycles. The van der Waals surface area contributed by atoms with E-state index in [9.17, 15) is 19.2 Å². The van der Waals surface area contributed by atoms with Crippen molar-refractivity contribution in [2.45, 2.75) is 26.4 Å². The Bertz CT molecular complexity index is 834. The van der Waals surface area contributed by atoms with Gasteiger partial charge < -0.3 is 15.0 Å². The molecule has 0 bridgehead atoms. The summed E-state index contributed by atoms with van der Waals surface area (Å²) < 4.78 is 5.38. The number of amides is 5. The van der Waals surface area contributed by atoms with Gasteiger partial charge in [-0.05, 0) is 26.8 Å². The molecule has 1 N–H and O–H groups in total. The summed E-state index contributed by atoms with van der Waals surface area (Å²) in [5, 5.41) is 2.74. The number of carbonyl (C=O) groups is 4. The van der Waals surface area contributed by atoms with Crippen LogP contribution in [-0.2, 0) is 14.3 Å². The number of aliphatic imine (C=N–C) groups is 1. The highest BCUT2D eigenvalue weighted by Gasteiger charge is 2.36. The summed E-state index contributed by atoms with van der Waals surface area (Å²) in [5.74, 6) is -1.47. The molecule has 3 rings (SSSR count). The first kappa shape index (κ1) is 22.7. The minimum absolute atomic E-state index is 0.314. The summed E-state index contributed by atoms with van der Waals surface area (Å²) in [4.78, 5) is 57.6. The van der Waals surface area contributed by atoms with Gasteiger partial charge in [-0.25, -0.2) is 9.59 Å². The van der Waals surface area contributed by atoms with Gasteiger partial charge in [-0.15, -0.1) is 0 Å². The topological polar surface area (TPSA) is 112 Å². The standard InChI is InChI=1S/C21H29N5O5/c1-21(2,3)31-20(30)25-12-10-24(11-13-25)9-8-22-17(27)14-26-18(28)15-6-4-5-7-16(15)23-19(26)29/h4-7,15H,8-14H2,1-3H3,(H,22,27). The molecule has 168 valence electrons. The molecule has 0 saturated carbocycles. The molecule has 1 aliphatic carbocycles. The van der Waals surface area contributed by atoms with Crippen LogP contribution in [-0.4, -0.2) is 95.8 Å². The van der Waals surface area contributed by atoms with Crippen molar-refractivity contribution in [3.05, 3.63) is 24.3 Å². The number of ether oxygens (including phenoxy) is 1. The molecule has 5 amide bonds. The Balaban J connectivity index is 1.38. The first-order valence-corrected chi connectivity index (χ1v) is 10.4. The van der Waals surface area contributed by atoms with Crippen LogP contribution in [0.2, 0.25) is 0 Å². The Kier molecular flexibility index (Phi) is 6.89. The van der Waals surface area contributed by atoms with Crippen molar-refractivity contribution in [2.24, 2.45) is 10.9 Å². The maximum absolute atomic E-state index is 12.5. The quantitative estimate of drug-likeness (QED) is 0.689. The molecule has 31 heavy (non-hydrogen) atoms. The molecule has 1 unspecified atom stereocenters. The average Bonchev–Trinajstić information content (AvgIpc) is 2.70. The van der Waals surface area contributed by atoms with Crippen LogP contribution in [0, 0.1) is 5.92 Å². The number of carbonyl (C=O) groups excluding carboxylic acids is 4. The zero-order valence-corrected chi connectivity index (χ0v) is 18.2. The summed E-state index contributed by atoms with van der Waals surface area (Å²) in [5.41, 5.74) is -0.119. The van der Waals surface area contributed by atoms with E-state index in [4.69, 9.17) is 4.74 Å². The van der Waals surface area contributed by atoms with Gasteiger partial charge in [-0.1, -0.05) is 18.2 Å². The van der Waals surface area contributed by atoms with Crippen LogP contribution in [0.1, 0.15) is 20.8 Å². The van der Waals surface area contributed by atoms with E-state index in [1.807, 2.05) is 20.8 Å². The monoisotopic (exact) mass is 431 g/mol. The lowest BCUT2D eigenvalue weighted by Crippen LogP contribution is -2.52. The second-order valence-electron chi connectivity index (χ2n) is 8.62. The highest BCUT2D eigenvalue weighted by molar-refractivity contribution is 6.22. The molecule has 0 aromatic heterocycles. The molecule has 2 heterocycles. The zero-order valence-electron chi connectivity index (χ0n) is 18.2. The second-order valence-corrected chi connectivity index (χ2v) is 8.62. The number of nitrogens with zero attached hydrogens (tertiary/aromatic N) is 4. The molecule has 1 atom stereocenters. The van der Waals surface area contributed by atoms with Gasteiger partial charge >= 0.3 is 12.1 Å². The van der Waals surface area contributed by atoms with E-state index < -0.39 is 29.4 Å². The van der Waals surface area contributed by atoms with Crippen molar-refractivity contribution in [1.29, 1.82) is 0 Å². The maximum Gasteiger partial charge on any atom is 0.410 e. The Morgan fingerprint density at radius 1 is 1.16 bits per heavy atom. The SMILES string of the molecule is CC(C)(C)OC(=O)N1CCN(CCNC(=O)CN2C(=O)N=C3C=CC=CC3C2=O)CC1. The Hall–Kier alpha value is -3.01. The third kappa shape index (κ3) is 6.00. The molecule has 10 nitrogen and oxygen atoms in total. The van der Waals surface area contributed by atoms with Crippen molar-refractivity contribution < 1.29 is 23.9 Å². The Morgan fingerprint density at radius 3 is 2.55 bits per heavy atom. The van der Waals surface area contributed by atoms with Gasteiger partial charge in [0.2, 0.25) is 11.8 Å². The van der Waals surface area contributed by atoms with Gasteiger partial charge in [0.1, 0.15) is 12.1 Å². The molecule has 0 radical (unpaired) electrons. The number of allylic oxidation sites excluding steroid dienone is 3. The van der Waals surface area contributed by atoms with Crippen LogP contribution >= 0.6 is 0 Å². The van der Waals surface area contributed by atoms with E-state index in [-0.39, 0.29) is 12.6 Å². The Morgan fingerprint density at radius 2 is 1.87 bits per heavy atom. The fraction of sp³-hybridized carbons (Fsp3) is 0.571. The van der Waals surface area contributed by atoms with E-state index in [2.05, 4.69) is 15.2 Å². The van der Waals surface area contributed by atoms with Gasteiger partial charge in [0.25, 0.3) is 0 Å². The average molecular weight is 431 g/mol.